The fourth-order valence-corrected chi connectivity index (χ4v) is 4.43. The second-order valence-electron chi connectivity index (χ2n) is 8.96. The number of nitrogens with zero attached hydrogens (tertiary/aromatic N) is 1. The summed E-state index contributed by atoms with van der Waals surface area (Å²) >= 11 is 0. The lowest BCUT2D eigenvalue weighted by atomic mass is 9.84. The smallest absolute Gasteiger partial charge is 0.173 e. The van der Waals surface area contributed by atoms with Crippen molar-refractivity contribution in [3.05, 3.63) is 89.5 Å². The van der Waals surface area contributed by atoms with Crippen LogP contribution in [0.2, 0.25) is 0 Å². The van der Waals surface area contributed by atoms with Crippen molar-refractivity contribution in [3.63, 3.8) is 0 Å². The molecule has 0 aromatic heterocycles. The molecule has 0 radical (unpaired) electrons. The Bertz CT molecular complexity index is 1090. The van der Waals surface area contributed by atoms with Crippen LogP contribution in [0.25, 0.3) is 0 Å². The Morgan fingerprint density at radius 2 is 1.68 bits per heavy atom. The van der Waals surface area contributed by atoms with E-state index in [0.717, 1.165) is 29.8 Å². The second kappa shape index (κ2) is 10.7. The largest absolute Gasteiger partial charge is 0.497 e. The van der Waals surface area contributed by atoms with Crippen LogP contribution in [0.4, 0.5) is 0 Å². The minimum atomic E-state index is -0.320. The summed E-state index contributed by atoms with van der Waals surface area (Å²) in [5.41, 5.74) is 2.68. The zero-order chi connectivity index (χ0) is 24.1. The van der Waals surface area contributed by atoms with Gasteiger partial charge in [0.1, 0.15) is 29.5 Å². The van der Waals surface area contributed by atoms with Gasteiger partial charge in [0.25, 0.3) is 0 Å². The normalized spacial score (nSPS) is 18.2. The standard InChI is InChI=1S/C29H33NO4/c1-5-24-28(31)25-19-23(33-26(17-18-30(2)3)20-9-7-6-8-10-20)15-16-27(25)34-29(24)21-11-13-22(32-4)14-12-21/h6-16,19,24,26,29H,5,17-18H2,1-4H3/t24-,26?,29-/m0/s1. The van der Waals surface area contributed by atoms with Gasteiger partial charge in [0.2, 0.25) is 0 Å². The number of ketones is 1. The molecule has 0 amide bonds. The Hall–Kier alpha value is -3.31. The SMILES string of the molecule is CC[C@H]1C(=O)c2cc(OC(CCN(C)C)c3ccccc3)ccc2O[C@H]1c1ccc(OC)cc1. The molecule has 1 aliphatic heterocycles. The van der Waals surface area contributed by atoms with E-state index in [9.17, 15) is 4.79 Å². The van der Waals surface area contributed by atoms with Crippen LogP contribution in [0, 0.1) is 5.92 Å². The molecule has 0 saturated carbocycles. The predicted molar refractivity (Wildman–Crippen MR) is 134 cm³/mol. The van der Waals surface area contributed by atoms with Gasteiger partial charge < -0.3 is 19.1 Å². The van der Waals surface area contributed by atoms with Crippen LogP contribution in [-0.2, 0) is 0 Å². The lowest BCUT2D eigenvalue weighted by molar-refractivity contribution is 0.0645. The first-order valence-electron chi connectivity index (χ1n) is 11.8. The highest BCUT2D eigenvalue weighted by Gasteiger charge is 2.37. The van der Waals surface area contributed by atoms with Gasteiger partial charge in [-0.05, 0) is 62.0 Å². The molecule has 0 saturated heterocycles. The van der Waals surface area contributed by atoms with E-state index < -0.39 is 0 Å². The predicted octanol–water partition coefficient (Wildman–Crippen LogP) is 6.11. The molecule has 34 heavy (non-hydrogen) atoms. The number of hydrogen-bond acceptors (Lipinski definition) is 5. The molecule has 0 spiro atoms. The summed E-state index contributed by atoms with van der Waals surface area (Å²) in [5, 5.41) is 0. The molecule has 1 heterocycles. The molecular weight excluding hydrogens is 426 g/mol. The van der Waals surface area contributed by atoms with Gasteiger partial charge in [0.15, 0.2) is 5.78 Å². The molecule has 0 aliphatic carbocycles. The minimum absolute atomic E-state index is 0.0968. The van der Waals surface area contributed by atoms with E-state index in [2.05, 4.69) is 31.1 Å². The van der Waals surface area contributed by atoms with Gasteiger partial charge in [-0.1, -0.05) is 49.4 Å². The Labute approximate surface area is 202 Å². The Morgan fingerprint density at radius 3 is 2.32 bits per heavy atom. The maximum atomic E-state index is 13.5. The summed E-state index contributed by atoms with van der Waals surface area (Å²) < 4.78 is 18.1. The molecule has 3 aromatic carbocycles. The monoisotopic (exact) mass is 459 g/mol. The third kappa shape index (κ3) is 5.26. The van der Waals surface area contributed by atoms with Crippen LogP contribution >= 0.6 is 0 Å². The van der Waals surface area contributed by atoms with Crippen molar-refractivity contribution in [1.82, 2.24) is 4.90 Å². The van der Waals surface area contributed by atoms with Crippen molar-refractivity contribution in [2.24, 2.45) is 5.92 Å². The van der Waals surface area contributed by atoms with Gasteiger partial charge in [-0.15, -0.1) is 0 Å². The maximum Gasteiger partial charge on any atom is 0.173 e. The van der Waals surface area contributed by atoms with E-state index in [1.54, 1.807) is 7.11 Å². The number of Topliss-reactive ketones (excluding diaryl/α,β-unsaturated/α-hetero) is 1. The maximum absolute atomic E-state index is 13.5. The van der Waals surface area contributed by atoms with Crippen molar-refractivity contribution >= 4 is 5.78 Å². The van der Waals surface area contributed by atoms with Crippen molar-refractivity contribution in [3.8, 4) is 17.2 Å². The van der Waals surface area contributed by atoms with E-state index in [1.807, 2.05) is 67.6 Å². The third-order valence-corrected chi connectivity index (χ3v) is 6.35. The van der Waals surface area contributed by atoms with Crippen molar-refractivity contribution in [2.45, 2.75) is 32.0 Å². The van der Waals surface area contributed by atoms with Crippen molar-refractivity contribution in [1.29, 1.82) is 0 Å². The molecule has 4 rings (SSSR count). The first-order chi connectivity index (χ1) is 16.5. The number of carbonyl (C=O) groups excluding carboxylic acids is 1. The summed E-state index contributed by atoms with van der Waals surface area (Å²) in [6.45, 7) is 2.93. The average molecular weight is 460 g/mol. The summed E-state index contributed by atoms with van der Waals surface area (Å²) in [7, 11) is 5.76. The van der Waals surface area contributed by atoms with Crippen LogP contribution < -0.4 is 14.2 Å². The van der Waals surface area contributed by atoms with Gasteiger partial charge in [-0.3, -0.25) is 4.79 Å². The zero-order valence-electron chi connectivity index (χ0n) is 20.4. The van der Waals surface area contributed by atoms with Crippen LogP contribution in [-0.4, -0.2) is 38.4 Å². The van der Waals surface area contributed by atoms with Crippen molar-refractivity contribution in [2.75, 3.05) is 27.7 Å². The van der Waals surface area contributed by atoms with Gasteiger partial charge >= 0.3 is 0 Å². The molecule has 0 N–H and O–H groups in total. The molecule has 1 aliphatic rings. The molecule has 0 fully saturated rings. The van der Waals surface area contributed by atoms with Gasteiger partial charge in [0, 0.05) is 13.0 Å². The van der Waals surface area contributed by atoms with Gasteiger partial charge in [0.05, 0.1) is 18.6 Å². The number of fused-ring (bicyclic) bond motifs is 1. The number of hydrogen-bond donors (Lipinski definition) is 0. The molecule has 5 heteroatoms. The van der Waals surface area contributed by atoms with Crippen LogP contribution in [0.3, 0.4) is 0 Å². The van der Waals surface area contributed by atoms with E-state index >= 15 is 0 Å². The highest BCUT2D eigenvalue weighted by molar-refractivity contribution is 6.02. The minimum Gasteiger partial charge on any atom is -0.497 e. The van der Waals surface area contributed by atoms with Gasteiger partial charge in [-0.2, -0.15) is 0 Å². The molecule has 1 unspecified atom stereocenters. The molecule has 3 aromatic rings. The topological polar surface area (TPSA) is 48.0 Å². The summed E-state index contributed by atoms with van der Waals surface area (Å²) in [5.74, 6) is 1.91. The molecule has 178 valence electrons. The molecule has 0 bridgehead atoms. The lowest BCUT2D eigenvalue weighted by Crippen LogP contribution is -2.31. The first-order valence-corrected chi connectivity index (χ1v) is 11.8. The third-order valence-electron chi connectivity index (χ3n) is 6.35. The highest BCUT2D eigenvalue weighted by atomic mass is 16.5. The van der Waals surface area contributed by atoms with E-state index in [4.69, 9.17) is 14.2 Å². The number of carbonyl (C=O) groups is 1. The number of methoxy groups -OCH3 is 1. The van der Waals surface area contributed by atoms with Crippen LogP contribution in [0.15, 0.2) is 72.8 Å². The van der Waals surface area contributed by atoms with E-state index in [-0.39, 0.29) is 23.9 Å². The quantitative estimate of drug-likeness (QED) is 0.386. The first kappa shape index (κ1) is 23.8. The fourth-order valence-electron chi connectivity index (χ4n) is 4.43. The molecule has 3 atom stereocenters. The molecular formula is C29H33NO4. The second-order valence-corrected chi connectivity index (χ2v) is 8.96. The van der Waals surface area contributed by atoms with Crippen molar-refractivity contribution < 1.29 is 19.0 Å². The molecule has 5 nitrogen and oxygen atoms in total. The number of benzene rings is 3. The Balaban J connectivity index is 1.59. The van der Waals surface area contributed by atoms with Gasteiger partial charge in [-0.25, -0.2) is 0 Å². The van der Waals surface area contributed by atoms with E-state index in [1.165, 1.54) is 0 Å². The average Bonchev–Trinajstić information content (AvgIpc) is 2.87. The summed E-state index contributed by atoms with van der Waals surface area (Å²) in [6.07, 6.45) is 1.11. The lowest BCUT2D eigenvalue weighted by Gasteiger charge is -2.33. The number of rotatable bonds is 9. The van der Waals surface area contributed by atoms with Crippen LogP contribution in [0.1, 0.15) is 53.5 Å². The summed E-state index contributed by atoms with van der Waals surface area (Å²) in [4.78, 5) is 15.7. The Kier molecular flexibility index (Phi) is 7.53. The zero-order valence-corrected chi connectivity index (χ0v) is 20.4. The Morgan fingerprint density at radius 1 is 0.971 bits per heavy atom. The fraction of sp³-hybridized carbons (Fsp3) is 0.345. The number of ether oxygens (including phenoxy) is 3. The van der Waals surface area contributed by atoms with E-state index in [0.29, 0.717) is 23.5 Å². The highest BCUT2D eigenvalue weighted by Crippen LogP contribution is 2.42. The summed E-state index contributed by atoms with van der Waals surface area (Å²) in [6, 6.07) is 23.6. The van der Waals surface area contributed by atoms with Crippen LogP contribution in [0.5, 0.6) is 17.2 Å².